The molecule has 1 aliphatic rings. The van der Waals surface area contributed by atoms with Gasteiger partial charge in [0.2, 0.25) is 0 Å². The Morgan fingerprint density at radius 1 is 1.07 bits per heavy atom. The molecule has 0 aliphatic carbocycles. The minimum absolute atomic E-state index is 0.241. The van der Waals surface area contributed by atoms with Gasteiger partial charge in [0.25, 0.3) is 5.91 Å². The van der Waals surface area contributed by atoms with Gasteiger partial charge in [-0.25, -0.2) is 4.79 Å². The second-order valence-corrected chi connectivity index (χ2v) is 6.32. The third-order valence-electron chi connectivity index (χ3n) is 4.46. The summed E-state index contributed by atoms with van der Waals surface area (Å²) < 4.78 is 15.8. The number of hydrogen-bond acceptors (Lipinski definition) is 6. The number of amides is 1. The lowest BCUT2D eigenvalue weighted by molar-refractivity contribution is 0.0195. The highest BCUT2D eigenvalue weighted by molar-refractivity contribution is 6.11. The highest BCUT2D eigenvalue weighted by Gasteiger charge is 2.19. The number of carbonyl (C=O) groups excluding carboxylic acids is 2. The van der Waals surface area contributed by atoms with Crippen molar-refractivity contribution in [1.29, 1.82) is 0 Å². The van der Waals surface area contributed by atoms with Gasteiger partial charge in [0, 0.05) is 31.4 Å². The largest absolute Gasteiger partial charge is 0.497 e. The van der Waals surface area contributed by atoms with E-state index in [1.807, 2.05) is 0 Å². The molecule has 1 amide bonds. The van der Waals surface area contributed by atoms with Crippen LogP contribution in [0.5, 0.6) is 5.75 Å². The topological polar surface area (TPSA) is 77.1 Å². The normalized spacial score (nSPS) is 14.3. The molecule has 0 spiro atoms. The van der Waals surface area contributed by atoms with Crippen molar-refractivity contribution in [2.75, 3.05) is 51.9 Å². The van der Waals surface area contributed by atoms with E-state index in [1.54, 1.807) is 55.6 Å². The van der Waals surface area contributed by atoms with Gasteiger partial charge in [-0.05, 0) is 24.3 Å². The van der Waals surface area contributed by atoms with Crippen LogP contribution in [-0.4, -0.2) is 63.3 Å². The number of nitrogens with one attached hydrogen (secondary N) is 1. The van der Waals surface area contributed by atoms with Crippen molar-refractivity contribution in [3.8, 4) is 5.75 Å². The number of hydrogen-bond donors (Lipinski definition) is 1. The summed E-state index contributed by atoms with van der Waals surface area (Å²) in [6.07, 6.45) is 0. The van der Waals surface area contributed by atoms with Crippen LogP contribution >= 0.6 is 0 Å². The van der Waals surface area contributed by atoms with E-state index < -0.39 is 5.97 Å². The predicted octanol–water partition coefficient (Wildman–Crippen LogP) is 2.44. The Bertz CT molecular complexity index is 818. The fraction of sp³-hybridized carbons (Fsp3) is 0.333. The number of esters is 1. The number of benzene rings is 2. The van der Waals surface area contributed by atoms with E-state index in [0.29, 0.717) is 31.2 Å². The van der Waals surface area contributed by atoms with Crippen LogP contribution in [0, 0.1) is 0 Å². The van der Waals surface area contributed by atoms with E-state index >= 15 is 0 Å². The number of anilines is 1. The van der Waals surface area contributed by atoms with Crippen molar-refractivity contribution in [2.24, 2.45) is 0 Å². The van der Waals surface area contributed by atoms with Crippen molar-refractivity contribution in [2.45, 2.75) is 0 Å². The van der Waals surface area contributed by atoms with Crippen LogP contribution < -0.4 is 10.1 Å². The second kappa shape index (κ2) is 9.87. The van der Waals surface area contributed by atoms with E-state index in [2.05, 4.69) is 10.2 Å². The predicted molar refractivity (Wildman–Crippen MR) is 105 cm³/mol. The summed E-state index contributed by atoms with van der Waals surface area (Å²) >= 11 is 0. The smallest absolute Gasteiger partial charge is 0.338 e. The van der Waals surface area contributed by atoms with Gasteiger partial charge in [-0.2, -0.15) is 0 Å². The molecule has 0 unspecified atom stereocenters. The molecule has 7 nitrogen and oxygen atoms in total. The Morgan fingerprint density at radius 2 is 1.82 bits per heavy atom. The third kappa shape index (κ3) is 5.31. The maximum absolute atomic E-state index is 12.7. The van der Waals surface area contributed by atoms with Crippen LogP contribution in [0.3, 0.4) is 0 Å². The van der Waals surface area contributed by atoms with Crippen LogP contribution in [0.2, 0.25) is 0 Å². The van der Waals surface area contributed by atoms with Gasteiger partial charge in [-0.3, -0.25) is 9.69 Å². The number of carbonyl (C=O) groups is 2. The minimum atomic E-state index is -0.510. The third-order valence-corrected chi connectivity index (χ3v) is 4.46. The Morgan fingerprint density at radius 3 is 2.57 bits per heavy atom. The van der Waals surface area contributed by atoms with Crippen molar-refractivity contribution < 1.29 is 23.8 Å². The average Bonchev–Trinajstić information content (AvgIpc) is 2.74. The van der Waals surface area contributed by atoms with Crippen molar-refractivity contribution in [3.63, 3.8) is 0 Å². The van der Waals surface area contributed by atoms with E-state index in [-0.39, 0.29) is 23.6 Å². The number of methoxy groups -OCH3 is 1. The molecule has 28 heavy (non-hydrogen) atoms. The van der Waals surface area contributed by atoms with Gasteiger partial charge < -0.3 is 19.5 Å². The summed E-state index contributed by atoms with van der Waals surface area (Å²) in [5, 5.41) is 2.79. The zero-order valence-electron chi connectivity index (χ0n) is 15.8. The Balaban J connectivity index is 1.62. The van der Waals surface area contributed by atoms with Gasteiger partial charge >= 0.3 is 5.97 Å². The van der Waals surface area contributed by atoms with E-state index in [9.17, 15) is 9.59 Å². The lowest BCUT2D eigenvalue weighted by Gasteiger charge is -2.26. The highest BCUT2D eigenvalue weighted by Crippen LogP contribution is 2.19. The molecule has 1 N–H and O–H groups in total. The lowest BCUT2D eigenvalue weighted by Crippen LogP contribution is -2.38. The Kier molecular flexibility index (Phi) is 7.00. The first-order valence-corrected chi connectivity index (χ1v) is 9.19. The number of nitrogens with zero attached hydrogens (tertiary/aromatic N) is 1. The molecular weight excluding hydrogens is 360 g/mol. The molecule has 3 rings (SSSR count). The lowest BCUT2D eigenvalue weighted by atomic mass is 10.1. The van der Waals surface area contributed by atoms with Crippen molar-refractivity contribution >= 4 is 17.6 Å². The molecule has 2 aromatic rings. The quantitative estimate of drug-likeness (QED) is 0.739. The summed E-state index contributed by atoms with van der Waals surface area (Å²) in [7, 11) is 1.56. The average molecular weight is 384 g/mol. The molecule has 1 fully saturated rings. The van der Waals surface area contributed by atoms with E-state index in [0.717, 1.165) is 13.1 Å². The Labute approximate surface area is 164 Å². The van der Waals surface area contributed by atoms with Gasteiger partial charge in [-0.1, -0.05) is 18.2 Å². The molecule has 1 aliphatic heterocycles. The molecule has 2 aromatic carbocycles. The van der Waals surface area contributed by atoms with E-state index in [1.165, 1.54) is 0 Å². The Hall–Kier alpha value is -2.90. The fourth-order valence-corrected chi connectivity index (χ4v) is 2.93. The minimum Gasteiger partial charge on any atom is -0.497 e. The number of rotatable bonds is 7. The summed E-state index contributed by atoms with van der Waals surface area (Å²) in [5.74, 6) is -0.257. The van der Waals surface area contributed by atoms with Crippen LogP contribution in [0.1, 0.15) is 20.7 Å². The first kappa shape index (κ1) is 19.9. The van der Waals surface area contributed by atoms with Gasteiger partial charge in [0.15, 0.2) is 0 Å². The van der Waals surface area contributed by atoms with E-state index in [4.69, 9.17) is 14.2 Å². The summed E-state index contributed by atoms with van der Waals surface area (Å²) in [6.45, 7) is 3.97. The fourth-order valence-electron chi connectivity index (χ4n) is 2.93. The molecule has 0 radical (unpaired) electrons. The maximum Gasteiger partial charge on any atom is 0.338 e. The zero-order valence-corrected chi connectivity index (χ0v) is 15.8. The van der Waals surface area contributed by atoms with Crippen molar-refractivity contribution in [1.82, 2.24) is 4.90 Å². The first-order valence-electron chi connectivity index (χ1n) is 9.19. The standard InChI is InChI=1S/C21H24N2O5/c1-26-17-6-4-5-16(15-17)22-20(24)18-7-2-3-8-19(18)21(25)28-14-11-23-9-12-27-13-10-23/h2-8,15H,9-14H2,1H3,(H,22,24). The molecule has 0 atom stereocenters. The highest BCUT2D eigenvalue weighted by atomic mass is 16.5. The van der Waals surface area contributed by atoms with Crippen LogP contribution in [0.4, 0.5) is 5.69 Å². The summed E-state index contributed by atoms with van der Waals surface area (Å²) in [6, 6.07) is 13.7. The monoisotopic (exact) mass is 384 g/mol. The zero-order chi connectivity index (χ0) is 19.8. The molecule has 0 bridgehead atoms. The molecule has 0 saturated carbocycles. The first-order chi connectivity index (χ1) is 13.7. The molecule has 1 saturated heterocycles. The molecule has 7 heteroatoms. The second-order valence-electron chi connectivity index (χ2n) is 6.32. The van der Waals surface area contributed by atoms with Crippen LogP contribution in [0.25, 0.3) is 0 Å². The summed E-state index contributed by atoms with van der Waals surface area (Å²) in [4.78, 5) is 27.4. The van der Waals surface area contributed by atoms with Crippen LogP contribution in [-0.2, 0) is 9.47 Å². The van der Waals surface area contributed by atoms with Gasteiger partial charge in [0.05, 0.1) is 31.5 Å². The molecule has 1 heterocycles. The maximum atomic E-state index is 12.7. The number of morpholine rings is 1. The number of ether oxygens (including phenoxy) is 3. The van der Waals surface area contributed by atoms with Gasteiger partial charge in [-0.15, -0.1) is 0 Å². The van der Waals surface area contributed by atoms with Gasteiger partial charge in [0.1, 0.15) is 12.4 Å². The SMILES string of the molecule is COc1cccc(NC(=O)c2ccccc2C(=O)OCCN2CCOCC2)c1. The molecule has 0 aromatic heterocycles. The molecule has 148 valence electrons. The van der Waals surface area contributed by atoms with Crippen molar-refractivity contribution in [3.05, 3.63) is 59.7 Å². The summed E-state index contributed by atoms with van der Waals surface area (Å²) in [5.41, 5.74) is 1.09. The molecular formula is C21H24N2O5. The van der Waals surface area contributed by atoms with Crippen LogP contribution in [0.15, 0.2) is 48.5 Å².